The Kier molecular flexibility index (Phi) is 4.93. The van der Waals surface area contributed by atoms with Gasteiger partial charge in [0.15, 0.2) is 0 Å². The first-order valence-corrected chi connectivity index (χ1v) is 8.51. The monoisotopic (exact) mass is 431 g/mol. The molecule has 0 amide bonds. The van der Waals surface area contributed by atoms with Crippen LogP contribution in [0.2, 0.25) is 5.02 Å². The summed E-state index contributed by atoms with van der Waals surface area (Å²) in [6.45, 7) is 0. The van der Waals surface area contributed by atoms with Crippen molar-refractivity contribution in [3.63, 3.8) is 0 Å². The van der Waals surface area contributed by atoms with Gasteiger partial charge >= 0.3 is 6.18 Å². The topological polar surface area (TPSA) is 46.2 Å². The van der Waals surface area contributed by atoms with E-state index < -0.39 is 38.2 Å². The number of benzene rings is 2. The minimum atomic E-state index is -4.81. The molecule has 0 bridgehead atoms. The van der Waals surface area contributed by atoms with E-state index in [4.69, 9.17) is 11.6 Å². The Bertz CT molecular complexity index is 856. The zero-order chi connectivity index (χ0) is 17.4. The van der Waals surface area contributed by atoms with Gasteiger partial charge in [-0.2, -0.15) is 13.2 Å². The van der Waals surface area contributed by atoms with Gasteiger partial charge in [0, 0.05) is 5.02 Å². The zero-order valence-electron chi connectivity index (χ0n) is 11.0. The third-order valence-corrected chi connectivity index (χ3v) is 4.97. The van der Waals surface area contributed by atoms with Gasteiger partial charge in [-0.1, -0.05) is 11.6 Å². The average molecular weight is 433 g/mol. The molecule has 0 atom stereocenters. The Morgan fingerprint density at radius 3 is 2.30 bits per heavy atom. The molecule has 0 spiro atoms. The summed E-state index contributed by atoms with van der Waals surface area (Å²) in [4.78, 5) is -0.513. The van der Waals surface area contributed by atoms with E-state index in [9.17, 15) is 26.0 Å². The molecule has 23 heavy (non-hydrogen) atoms. The van der Waals surface area contributed by atoms with Gasteiger partial charge in [0.1, 0.15) is 5.82 Å². The predicted molar refractivity (Wildman–Crippen MR) is 81.4 cm³/mol. The van der Waals surface area contributed by atoms with Crippen molar-refractivity contribution in [1.29, 1.82) is 0 Å². The van der Waals surface area contributed by atoms with Crippen molar-refractivity contribution in [2.24, 2.45) is 0 Å². The van der Waals surface area contributed by atoms with Gasteiger partial charge in [0.05, 0.1) is 20.6 Å². The fraction of sp³-hybridized carbons (Fsp3) is 0.0769. The SMILES string of the molecule is O=S(=O)(Nc1ccc(Cl)cc1C(F)(F)F)c1ccc(Br)c(F)c1. The highest BCUT2D eigenvalue weighted by Crippen LogP contribution is 2.37. The van der Waals surface area contributed by atoms with E-state index in [-0.39, 0.29) is 9.50 Å². The van der Waals surface area contributed by atoms with Crippen LogP contribution >= 0.6 is 27.5 Å². The van der Waals surface area contributed by atoms with Crippen molar-refractivity contribution in [3.05, 3.63) is 57.3 Å². The summed E-state index contributed by atoms with van der Waals surface area (Å²) in [5.74, 6) is -0.861. The zero-order valence-corrected chi connectivity index (χ0v) is 14.1. The molecule has 0 unspecified atom stereocenters. The molecule has 3 nitrogen and oxygen atoms in total. The first-order valence-electron chi connectivity index (χ1n) is 5.85. The lowest BCUT2D eigenvalue weighted by molar-refractivity contribution is -0.136. The highest BCUT2D eigenvalue weighted by Gasteiger charge is 2.35. The second-order valence-electron chi connectivity index (χ2n) is 4.37. The van der Waals surface area contributed by atoms with Crippen molar-refractivity contribution < 1.29 is 26.0 Å². The largest absolute Gasteiger partial charge is 0.418 e. The molecule has 0 aliphatic rings. The third kappa shape index (κ3) is 4.15. The van der Waals surface area contributed by atoms with E-state index in [1.807, 2.05) is 0 Å². The molecule has 2 rings (SSSR count). The predicted octanol–water partition coefficient (Wildman–Crippen LogP) is 5.06. The van der Waals surface area contributed by atoms with Crippen molar-refractivity contribution in [2.75, 3.05) is 4.72 Å². The molecule has 2 aromatic carbocycles. The van der Waals surface area contributed by atoms with Gasteiger partial charge in [0.2, 0.25) is 0 Å². The van der Waals surface area contributed by atoms with Gasteiger partial charge in [-0.15, -0.1) is 0 Å². The molecule has 0 aliphatic heterocycles. The molecule has 0 saturated carbocycles. The lowest BCUT2D eigenvalue weighted by atomic mass is 10.2. The number of alkyl halides is 3. The van der Waals surface area contributed by atoms with Gasteiger partial charge in [-0.05, 0) is 52.3 Å². The summed E-state index contributed by atoms with van der Waals surface area (Å²) in [7, 11) is -4.40. The van der Waals surface area contributed by atoms with Crippen LogP contribution in [0.3, 0.4) is 0 Å². The van der Waals surface area contributed by atoms with Crippen LogP contribution in [0, 0.1) is 5.82 Å². The smallest absolute Gasteiger partial charge is 0.279 e. The van der Waals surface area contributed by atoms with Crippen LogP contribution < -0.4 is 4.72 Å². The van der Waals surface area contributed by atoms with E-state index in [0.29, 0.717) is 12.1 Å². The van der Waals surface area contributed by atoms with Crippen molar-refractivity contribution >= 4 is 43.2 Å². The summed E-state index contributed by atoms with van der Waals surface area (Å²) in [6, 6.07) is 5.47. The number of halogens is 6. The molecule has 0 saturated heterocycles. The Labute approximate surface area is 142 Å². The van der Waals surface area contributed by atoms with Crippen molar-refractivity contribution in [2.45, 2.75) is 11.1 Å². The van der Waals surface area contributed by atoms with E-state index in [2.05, 4.69) is 15.9 Å². The number of rotatable bonds is 3. The van der Waals surface area contributed by atoms with Gasteiger partial charge in [-0.3, -0.25) is 4.72 Å². The second-order valence-corrected chi connectivity index (χ2v) is 7.34. The minimum absolute atomic E-state index is 0.0268. The summed E-state index contributed by atoms with van der Waals surface area (Å²) in [6.07, 6.45) is -4.81. The van der Waals surface area contributed by atoms with Crippen molar-refractivity contribution in [3.8, 4) is 0 Å². The second kappa shape index (κ2) is 6.29. The highest BCUT2D eigenvalue weighted by molar-refractivity contribution is 9.10. The Morgan fingerprint density at radius 1 is 1.09 bits per heavy atom. The number of hydrogen-bond acceptors (Lipinski definition) is 2. The van der Waals surface area contributed by atoms with Crippen LogP contribution in [-0.2, 0) is 16.2 Å². The summed E-state index contributed by atoms with van der Waals surface area (Å²) < 4.78 is 78.4. The Balaban J connectivity index is 2.47. The van der Waals surface area contributed by atoms with Crippen LogP contribution in [0.5, 0.6) is 0 Å². The molecule has 10 heteroatoms. The maximum Gasteiger partial charge on any atom is 0.418 e. The van der Waals surface area contributed by atoms with Gasteiger partial charge in [-0.25, -0.2) is 12.8 Å². The number of nitrogens with one attached hydrogen (secondary N) is 1. The van der Waals surface area contributed by atoms with Gasteiger partial charge < -0.3 is 0 Å². The molecule has 0 aromatic heterocycles. The van der Waals surface area contributed by atoms with Crippen LogP contribution in [0.25, 0.3) is 0 Å². The van der Waals surface area contributed by atoms with Crippen LogP contribution in [0.1, 0.15) is 5.56 Å². The summed E-state index contributed by atoms with van der Waals surface area (Å²) in [5, 5.41) is -0.199. The molecule has 0 aliphatic carbocycles. The molecule has 1 N–H and O–H groups in total. The van der Waals surface area contributed by atoms with E-state index in [0.717, 1.165) is 24.3 Å². The molecular weight excluding hydrogens is 426 g/mol. The molecule has 0 fully saturated rings. The molecule has 124 valence electrons. The van der Waals surface area contributed by atoms with Crippen LogP contribution in [-0.4, -0.2) is 8.42 Å². The third-order valence-electron chi connectivity index (χ3n) is 2.73. The average Bonchev–Trinajstić information content (AvgIpc) is 2.42. The molecule has 0 heterocycles. The summed E-state index contributed by atoms with van der Waals surface area (Å²) in [5.41, 5.74) is -1.95. The summed E-state index contributed by atoms with van der Waals surface area (Å²) >= 11 is 8.37. The molecule has 0 radical (unpaired) electrons. The van der Waals surface area contributed by atoms with Crippen molar-refractivity contribution in [1.82, 2.24) is 0 Å². The normalized spacial score (nSPS) is 12.3. The fourth-order valence-electron chi connectivity index (χ4n) is 1.69. The minimum Gasteiger partial charge on any atom is -0.279 e. The standard InChI is InChI=1S/C13H7BrClF4NO2S/c14-10-3-2-8(6-11(10)16)23(21,22)20-12-4-1-7(15)5-9(12)13(17,18)19/h1-6,20H. The number of sulfonamides is 1. The van der Waals surface area contributed by atoms with E-state index >= 15 is 0 Å². The van der Waals surface area contributed by atoms with Crippen LogP contribution in [0.15, 0.2) is 45.8 Å². The quantitative estimate of drug-likeness (QED) is 0.689. The Hall–Kier alpha value is -1.32. The molecule has 2 aromatic rings. The maximum atomic E-state index is 13.4. The lowest BCUT2D eigenvalue weighted by Crippen LogP contribution is -2.17. The number of anilines is 1. The van der Waals surface area contributed by atoms with Gasteiger partial charge in [0.25, 0.3) is 10.0 Å². The highest BCUT2D eigenvalue weighted by atomic mass is 79.9. The Morgan fingerprint density at radius 2 is 1.74 bits per heavy atom. The van der Waals surface area contributed by atoms with E-state index in [1.54, 1.807) is 4.72 Å². The molecular formula is C13H7BrClF4NO2S. The maximum absolute atomic E-state index is 13.4. The fourth-order valence-corrected chi connectivity index (χ4v) is 3.20. The lowest BCUT2D eigenvalue weighted by Gasteiger charge is -2.15. The first-order chi connectivity index (χ1) is 10.5. The van der Waals surface area contributed by atoms with E-state index in [1.165, 1.54) is 0 Å². The van der Waals surface area contributed by atoms with Crippen LogP contribution in [0.4, 0.5) is 23.2 Å². The first kappa shape index (κ1) is 18.0. The number of hydrogen-bond donors (Lipinski definition) is 1.